The number of aryl methyl sites for hydroxylation is 2. The molecule has 0 atom stereocenters. The molecule has 3 aromatic heterocycles. The molecule has 1 saturated carbocycles. The maximum absolute atomic E-state index is 15.3. The molecule has 10 heteroatoms. The number of rotatable bonds is 3. The molecule has 4 heterocycles. The monoisotopic (exact) mass is 493 g/mol. The minimum atomic E-state index is -0.483. The fraction of sp³-hybridized carbons (Fsp3) is 0.360. The first kappa shape index (κ1) is 22.0. The Bertz CT molecular complexity index is 1530. The SMILES string of the molecule is Cc1nn(C)c(C)c1-c1cc2cc(Nc3cc4n(n3)CC(=O)N(C)CC43CC3)ncc2c(Cl)c1F. The van der Waals surface area contributed by atoms with Crippen LogP contribution in [0.5, 0.6) is 0 Å². The number of nitrogens with zero attached hydrogens (tertiary/aromatic N) is 6. The molecule has 1 fully saturated rings. The van der Waals surface area contributed by atoms with Crippen LogP contribution in [0.15, 0.2) is 24.4 Å². The summed E-state index contributed by atoms with van der Waals surface area (Å²) in [5.41, 5.74) is 3.81. The van der Waals surface area contributed by atoms with Gasteiger partial charge in [-0.05, 0) is 44.2 Å². The van der Waals surface area contributed by atoms with Gasteiger partial charge in [-0.15, -0.1) is 0 Å². The summed E-state index contributed by atoms with van der Waals surface area (Å²) < 4.78 is 18.8. The molecule has 6 rings (SSSR count). The maximum Gasteiger partial charge on any atom is 0.244 e. The van der Waals surface area contributed by atoms with Crippen LogP contribution in [0.2, 0.25) is 5.02 Å². The zero-order valence-electron chi connectivity index (χ0n) is 20.0. The minimum Gasteiger partial charge on any atom is -0.343 e. The van der Waals surface area contributed by atoms with Gasteiger partial charge in [-0.1, -0.05) is 11.6 Å². The number of carbonyl (C=O) groups excluding carboxylic acids is 1. The fourth-order valence-corrected chi connectivity index (χ4v) is 5.50. The van der Waals surface area contributed by atoms with E-state index in [0.717, 1.165) is 40.9 Å². The van der Waals surface area contributed by atoms with Crippen LogP contribution in [0.4, 0.5) is 16.0 Å². The predicted molar refractivity (Wildman–Crippen MR) is 132 cm³/mol. The smallest absolute Gasteiger partial charge is 0.244 e. The Hall–Kier alpha value is -3.46. The van der Waals surface area contributed by atoms with E-state index in [4.69, 9.17) is 11.6 Å². The number of benzene rings is 1. The van der Waals surface area contributed by atoms with Crippen LogP contribution in [-0.2, 0) is 23.8 Å². The van der Waals surface area contributed by atoms with Gasteiger partial charge >= 0.3 is 0 Å². The number of halogens is 2. The first-order chi connectivity index (χ1) is 16.7. The second-order valence-electron chi connectivity index (χ2n) is 9.74. The van der Waals surface area contributed by atoms with E-state index in [9.17, 15) is 4.79 Å². The second-order valence-corrected chi connectivity index (χ2v) is 10.1. The van der Waals surface area contributed by atoms with Gasteiger partial charge in [0.2, 0.25) is 5.91 Å². The number of anilines is 2. The quantitative estimate of drug-likeness (QED) is 0.455. The topological polar surface area (TPSA) is 80.9 Å². The molecule has 35 heavy (non-hydrogen) atoms. The number of amides is 1. The third kappa shape index (κ3) is 3.40. The molecule has 0 unspecified atom stereocenters. The predicted octanol–water partition coefficient (Wildman–Crippen LogP) is 4.49. The van der Waals surface area contributed by atoms with E-state index in [-0.39, 0.29) is 22.9 Å². The van der Waals surface area contributed by atoms with Crippen LogP contribution in [0.25, 0.3) is 21.9 Å². The lowest BCUT2D eigenvalue weighted by Crippen LogP contribution is -2.32. The summed E-state index contributed by atoms with van der Waals surface area (Å²) >= 11 is 6.44. The summed E-state index contributed by atoms with van der Waals surface area (Å²) in [4.78, 5) is 18.7. The molecule has 1 aromatic carbocycles. The van der Waals surface area contributed by atoms with E-state index in [1.54, 1.807) is 26.5 Å². The highest BCUT2D eigenvalue weighted by atomic mass is 35.5. The number of hydrogen-bond acceptors (Lipinski definition) is 5. The molecule has 180 valence electrons. The highest BCUT2D eigenvalue weighted by Crippen LogP contribution is 2.50. The minimum absolute atomic E-state index is 0.00988. The van der Waals surface area contributed by atoms with Gasteiger partial charge in [-0.2, -0.15) is 10.2 Å². The summed E-state index contributed by atoms with van der Waals surface area (Å²) in [6.07, 6.45) is 3.66. The van der Waals surface area contributed by atoms with Crippen molar-refractivity contribution in [3.63, 3.8) is 0 Å². The third-order valence-electron chi connectivity index (χ3n) is 7.36. The highest BCUT2D eigenvalue weighted by Gasteiger charge is 2.50. The Kier molecular flexibility index (Phi) is 4.73. The number of hydrogen-bond donors (Lipinski definition) is 1. The number of aromatic nitrogens is 5. The van der Waals surface area contributed by atoms with Gasteiger partial charge in [-0.25, -0.2) is 9.37 Å². The molecular weight excluding hydrogens is 469 g/mol. The average molecular weight is 494 g/mol. The number of likely N-dealkylation sites (N-methyl/N-ethyl adjacent to an activating group) is 1. The van der Waals surface area contributed by atoms with E-state index in [1.165, 1.54) is 0 Å². The van der Waals surface area contributed by atoms with Gasteiger partial charge in [-0.3, -0.25) is 14.2 Å². The van der Waals surface area contributed by atoms with Crippen molar-refractivity contribution in [1.29, 1.82) is 0 Å². The van der Waals surface area contributed by atoms with E-state index in [0.29, 0.717) is 29.1 Å². The lowest BCUT2D eigenvalue weighted by atomic mass is 9.99. The molecule has 1 spiro atoms. The number of fused-ring (bicyclic) bond motifs is 3. The molecule has 0 bridgehead atoms. The van der Waals surface area contributed by atoms with Crippen LogP contribution >= 0.6 is 11.6 Å². The van der Waals surface area contributed by atoms with Crippen LogP contribution in [0, 0.1) is 19.7 Å². The van der Waals surface area contributed by atoms with Crippen LogP contribution in [0.1, 0.15) is 29.9 Å². The van der Waals surface area contributed by atoms with Gasteiger partial charge in [0.25, 0.3) is 0 Å². The Morgan fingerprint density at radius 2 is 1.89 bits per heavy atom. The molecule has 1 amide bonds. The Labute approximate surface area is 206 Å². The Morgan fingerprint density at radius 1 is 1.11 bits per heavy atom. The van der Waals surface area contributed by atoms with Crippen molar-refractivity contribution in [3.05, 3.63) is 52.3 Å². The molecule has 1 aliphatic heterocycles. The lowest BCUT2D eigenvalue weighted by molar-refractivity contribution is -0.130. The van der Waals surface area contributed by atoms with Crippen molar-refractivity contribution in [2.75, 3.05) is 18.9 Å². The number of carbonyl (C=O) groups is 1. The van der Waals surface area contributed by atoms with E-state index < -0.39 is 5.82 Å². The summed E-state index contributed by atoms with van der Waals surface area (Å²) in [7, 11) is 3.69. The number of nitrogens with one attached hydrogen (secondary N) is 1. The van der Waals surface area contributed by atoms with Crippen molar-refractivity contribution >= 4 is 39.9 Å². The van der Waals surface area contributed by atoms with E-state index in [2.05, 4.69) is 20.5 Å². The van der Waals surface area contributed by atoms with E-state index >= 15 is 4.39 Å². The molecule has 0 radical (unpaired) electrons. The van der Waals surface area contributed by atoms with Crippen molar-refractivity contribution < 1.29 is 9.18 Å². The molecule has 1 N–H and O–H groups in total. The van der Waals surface area contributed by atoms with Crippen molar-refractivity contribution in [3.8, 4) is 11.1 Å². The lowest BCUT2D eigenvalue weighted by Gasteiger charge is -2.18. The van der Waals surface area contributed by atoms with Gasteiger partial charge in [0.15, 0.2) is 5.82 Å². The standard InChI is InChI=1S/C25H25ClFN7O/c1-13-22(14(2)33(4)30-13)16-7-15-8-19(28-10-17(15)23(26)24(16)27)29-20-9-18-25(5-6-25)12-32(3)21(35)11-34(18)31-20/h7-10H,5-6,11-12H2,1-4H3,(H,28,29,31). The summed E-state index contributed by atoms with van der Waals surface area (Å²) in [6, 6.07) is 5.63. The number of pyridine rings is 1. The zero-order chi connectivity index (χ0) is 24.6. The summed E-state index contributed by atoms with van der Waals surface area (Å²) in [5.74, 6) is 0.761. The first-order valence-electron chi connectivity index (χ1n) is 11.5. The van der Waals surface area contributed by atoms with Crippen LogP contribution < -0.4 is 5.32 Å². The average Bonchev–Trinajstić information content (AvgIpc) is 3.42. The van der Waals surface area contributed by atoms with Crippen molar-refractivity contribution in [1.82, 2.24) is 29.4 Å². The Morgan fingerprint density at radius 3 is 2.57 bits per heavy atom. The zero-order valence-corrected chi connectivity index (χ0v) is 20.7. The fourth-order valence-electron chi connectivity index (χ4n) is 5.24. The third-order valence-corrected chi connectivity index (χ3v) is 7.73. The first-order valence-corrected chi connectivity index (χ1v) is 11.9. The molecule has 8 nitrogen and oxygen atoms in total. The van der Waals surface area contributed by atoms with Gasteiger partial charge in [0, 0.05) is 66.2 Å². The Balaban J connectivity index is 1.39. The normalized spacial score (nSPS) is 16.6. The summed E-state index contributed by atoms with van der Waals surface area (Å²) in [6.45, 7) is 4.70. The van der Waals surface area contributed by atoms with Gasteiger partial charge < -0.3 is 10.2 Å². The van der Waals surface area contributed by atoms with Crippen molar-refractivity contribution in [2.45, 2.75) is 38.6 Å². The van der Waals surface area contributed by atoms with Crippen LogP contribution in [-0.4, -0.2) is 48.9 Å². The molecule has 1 aliphatic carbocycles. The molecular formula is C25H25ClFN7O. The van der Waals surface area contributed by atoms with Crippen LogP contribution in [0.3, 0.4) is 0 Å². The van der Waals surface area contributed by atoms with Crippen molar-refractivity contribution in [2.24, 2.45) is 7.05 Å². The second kappa shape index (κ2) is 7.52. The highest BCUT2D eigenvalue weighted by molar-refractivity contribution is 6.36. The largest absolute Gasteiger partial charge is 0.343 e. The maximum atomic E-state index is 15.3. The van der Waals surface area contributed by atoms with E-state index in [1.807, 2.05) is 40.1 Å². The molecule has 4 aromatic rings. The van der Waals surface area contributed by atoms with Gasteiger partial charge in [0.1, 0.15) is 18.2 Å². The summed E-state index contributed by atoms with van der Waals surface area (Å²) in [5, 5.41) is 13.7. The van der Waals surface area contributed by atoms with Gasteiger partial charge in [0.05, 0.1) is 10.7 Å². The molecule has 2 aliphatic rings. The molecule has 0 saturated heterocycles.